The van der Waals surface area contributed by atoms with Crippen molar-refractivity contribution in [1.29, 1.82) is 0 Å². The van der Waals surface area contributed by atoms with Crippen LogP contribution in [0.4, 0.5) is 0 Å². The average Bonchev–Trinajstić information content (AvgIpc) is 2.00. The zero-order chi connectivity index (χ0) is 8.15. The lowest BCUT2D eigenvalue weighted by molar-refractivity contribution is -0.128. The first-order chi connectivity index (χ1) is 4.63. The number of aliphatic hydroxyl groups is 3. The molecule has 0 spiro atoms. The van der Waals surface area contributed by atoms with Crippen LogP contribution < -0.4 is 0 Å². The molecule has 0 aromatic carbocycles. The van der Waals surface area contributed by atoms with Gasteiger partial charge in [-0.05, 0) is 0 Å². The van der Waals surface area contributed by atoms with Crippen molar-refractivity contribution in [3.05, 3.63) is 0 Å². The summed E-state index contributed by atoms with van der Waals surface area (Å²) in [6.07, 6.45) is -1.42. The first-order valence-corrected chi connectivity index (χ1v) is 3.26. The summed E-state index contributed by atoms with van der Waals surface area (Å²) in [6, 6.07) is 0. The Morgan fingerprint density at radius 1 is 1.40 bits per heavy atom. The molecule has 0 radical (unpaired) electrons. The van der Waals surface area contributed by atoms with E-state index in [0.29, 0.717) is 0 Å². The summed E-state index contributed by atoms with van der Waals surface area (Å²) < 4.78 is 0. The molecule has 0 aliphatic heterocycles. The second kappa shape index (κ2) is 4.68. The molecule has 0 heterocycles. The normalized spacial score (nSPS) is 16.4. The van der Waals surface area contributed by atoms with E-state index < -0.39 is 30.4 Å². The van der Waals surface area contributed by atoms with Crippen molar-refractivity contribution in [2.24, 2.45) is 0 Å². The summed E-state index contributed by atoms with van der Waals surface area (Å²) in [5.74, 6) is -0.659. The molecule has 10 heavy (non-hydrogen) atoms. The van der Waals surface area contributed by atoms with Gasteiger partial charge in [0.15, 0.2) is 5.78 Å². The minimum absolute atomic E-state index is 0.432. The van der Waals surface area contributed by atoms with Crippen molar-refractivity contribution >= 4 is 18.4 Å². The Morgan fingerprint density at radius 3 is 2.20 bits per heavy atom. The van der Waals surface area contributed by atoms with Crippen LogP contribution in [-0.2, 0) is 4.79 Å². The van der Waals surface area contributed by atoms with Gasteiger partial charge in [-0.25, -0.2) is 0 Å². The van der Waals surface area contributed by atoms with E-state index in [1.165, 1.54) is 0 Å². The van der Waals surface area contributed by atoms with Crippen LogP contribution >= 0.6 is 12.6 Å². The Morgan fingerprint density at radius 2 is 1.90 bits per heavy atom. The number of aliphatic hydroxyl groups excluding tert-OH is 3. The molecule has 0 fully saturated rings. The van der Waals surface area contributed by atoms with Crippen LogP contribution in [0.25, 0.3) is 0 Å². The Bertz CT molecular complexity index is 104. The monoisotopic (exact) mass is 166 g/mol. The van der Waals surface area contributed by atoms with E-state index in [9.17, 15) is 4.79 Å². The average molecular weight is 166 g/mol. The van der Waals surface area contributed by atoms with Gasteiger partial charge in [0, 0.05) is 0 Å². The van der Waals surface area contributed by atoms with Gasteiger partial charge in [0.25, 0.3) is 0 Å². The van der Waals surface area contributed by atoms with E-state index >= 15 is 0 Å². The van der Waals surface area contributed by atoms with Crippen molar-refractivity contribution in [1.82, 2.24) is 0 Å². The molecule has 0 aliphatic rings. The molecule has 0 aromatic heterocycles. The maximum atomic E-state index is 10.7. The van der Waals surface area contributed by atoms with Gasteiger partial charge < -0.3 is 15.3 Å². The highest BCUT2D eigenvalue weighted by Gasteiger charge is 2.20. The number of hydrogen-bond acceptors (Lipinski definition) is 5. The van der Waals surface area contributed by atoms with Crippen molar-refractivity contribution in [3.63, 3.8) is 0 Å². The summed E-state index contributed by atoms with van der Waals surface area (Å²) in [5.41, 5.74) is 0. The molecular weight excluding hydrogens is 156 g/mol. The maximum Gasteiger partial charge on any atom is 0.178 e. The summed E-state index contributed by atoms with van der Waals surface area (Å²) in [7, 11) is 0. The Labute approximate surface area is 63.9 Å². The van der Waals surface area contributed by atoms with E-state index in [0.717, 1.165) is 0 Å². The van der Waals surface area contributed by atoms with Gasteiger partial charge in [-0.15, -0.1) is 0 Å². The number of carbonyl (C=O) groups is 1. The highest BCUT2D eigenvalue weighted by Crippen LogP contribution is 1.98. The van der Waals surface area contributed by atoms with Gasteiger partial charge in [-0.1, -0.05) is 0 Å². The van der Waals surface area contributed by atoms with Crippen LogP contribution in [0.3, 0.4) is 0 Å². The van der Waals surface area contributed by atoms with E-state index in [-0.39, 0.29) is 0 Å². The molecule has 0 aliphatic carbocycles. The van der Waals surface area contributed by atoms with Gasteiger partial charge in [0.05, 0.1) is 18.5 Å². The number of hydrogen-bond donors (Lipinski definition) is 4. The summed E-state index contributed by atoms with van der Waals surface area (Å²) in [4.78, 5) is 10.7. The third-order valence-electron chi connectivity index (χ3n) is 1.00. The van der Waals surface area contributed by atoms with Crippen molar-refractivity contribution < 1.29 is 20.1 Å². The second-order valence-corrected chi connectivity index (χ2v) is 2.42. The van der Waals surface area contributed by atoms with Crippen LogP contribution in [0, 0.1) is 0 Å². The molecular formula is C5H10O4S. The molecule has 4 nitrogen and oxygen atoms in total. The number of Topliss-reactive ketones (excluding diaryl/α,β-unsaturated/α-hetero) is 1. The van der Waals surface area contributed by atoms with E-state index in [4.69, 9.17) is 15.3 Å². The van der Waals surface area contributed by atoms with Crippen LogP contribution in [0.15, 0.2) is 0 Å². The van der Waals surface area contributed by atoms with Crippen LogP contribution in [0.5, 0.6) is 0 Å². The van der Waals surface area contributed by atoms with Gasteiger partial charge in [0.2, 0.25) is 0 Å². The lowest BCUT2D eigenvalue weighted by Crippen LogP contribution is -2.33. The number of rotatable bonds is 4. The number of carbonyl (C=O) groups excluding carboxylic acids is 1. The zero-order valence-corrected chi connectivity index (χ0v) is 6.16. The molecule has 0 saturated heterocycles. The maximum absolute atomic E-state index is 10.7. The van der Waals surface area contributed by atoms with Crippen molar-refractivity contribution in [3.8, 4) is 0 Å². The molecule has 0 rings (SSSR count). The van der Waals surface area contributed by atoms with Crippen LogP contribution in [-0.4, -0.2) is 45.7 Å². The molecule has 0 amide bonds. The summed E-state index contributed by atoms with van der Waals surface area (Å²) in [5, 5.41) is 24.4. The van der Waals surface area contributed by atoms with Gasteiger partial charge in [0.1, 0.15) is 6.10 Å². The first-order valence-electron chi connectivity index (χ1n) is 2.75. The fraction of sp³-hybridized carbons (Fsp3) is 0.800. The lowest BCUT2D eigenvalue weighted by Gasteiger charge is -2.09. The van der Waals surface area contributed by atoms with Crippen LogP contribution in [0.1, 0.15) is 0 Å². The highest BCUT2D eigenvalue weighted by atomic mass is 32.1. The van der Waals surface area contributed by atoms with Crippen molar-refractivity contribution in [2.45, 2.75) is 11.4 Å². The van der Waals surface area contributed by atoms with Gasteiger partial charge in [-0.3, -0.25) is 4.79 Å². The highest BCUT2D eigenvalue weighted by molar-refractivity contribution is 7.81. The molecule has 0 saturated carbocycles. The van der Waals surface area contributed by atoms with Gasteiger partial charge >= 0.3 is 0 Å². The quantitative estimate of drug-likeness (QED) is 0.372. The third-order valence-corrected chi connectivity index (χ3v) is 1.42. The largest absolute Gasteiger partial charge is 0.395 e. The standard InChI is InChI=1S/C5H10O4S/c6-1-3(8)5(9)4(10)2-7/h3-4,6-8,10H,1-2H2/t3-,4-/m1/s1. The summed E-state index contributed by atoms with van der Waals surface area (Å²) >= 11 is 3.65. The predicted molar refractivity (Wildman–Crippen MR) is 38.0 cm³/mol. The first kappa shape index (κ1) is 9.90. The van der Waals surface area contributed by atoms with Crippen LogP contribution in [0.2, 0.25) is 0 Å². The Kier molecular flexibility index (Phi) is 4.63. The third kappa shape index (κ3) is 2.66. The molecule has 0 bridgehead atoms. The molecule has 5 heteroatoms. The zero-order valence-electron chi connectivity index (χ0n) is 5.27. The minimum atomic E-state index is -1.42. The smallest absolute Gasteiger partial charge is 0.178 e. The molecule has 3 N–H and O–H groups in total. The Balaban J connectivity index is 3.82. The second-order valence-electron chi connectivity index (χ2n) is 1.80. The number of ketones is 1. The molecule has 2 atom stereocenters. The lowest BCUT2D eigenvalue weighted by atomic mass is 10.2. The number of thiol groups is 1. The fourth-order valence-corrected chi connectivity index (χ4v) is 0.574. The predicted octanol–water partition coefficient (Wildman–Crippen LogP) is -1.80. The SMILES string of the molecule is O=C([C@H](O)CO)[C@H](S)CO. The fourth-order valence-electron chi connectivity index (χ4n) is 0.402. The van der Waals surface area contributed by atoms with Crippen molar-refractivity contribution in [2.75, 3.05) is 13.2 Å². The Hall–Kier alpha value is -0.100. The molecule has 0 aromatic rings. The van der Waals surface area contributed by atoms with E-state index in [2.05, 4.69) is 12.6 Å². The summed E-state index contributed by atoms with van der Waals surface area (Å²) in [6.45, 7) is -1.06. The topological polar surface area (TPSA) is 77.8 Å². The van der Waals surface area contributed by atoms with E-state index in [1.54, 1.807) is 0 Å². The van der Waals surface area contributed by atoms with Gasteiger partial charge in [-0.2, -0.15) is 12.6 Å². The minimum Gasteiger partial charge on any atom is -0.395 e. The van der Waals surface area contributed by atoms with E-state index in [1.807, 2.05) is 0 Å². The molecule has 0 unspecified atom stereocenters. The molecule has 60 valence electrons.